The van der Waals surface area contributed by atoms with Gasteiger partial charge >= 0.3 is 0 Å². The lowest BCUT2D eigenvalue weighted by Gasteiger charge is -2.08. The summed E-state index contributed by atoms with van der Waals surface area (Å²) in [4.78, 5) is 8.58. The average Bonchev–Trinajstić information content (AvgIpc) is 2.55. The fourth-order valence-electron chi connectivity index (χ4n) is 2.10. The number of hydrogen-bond acceptors (Lipinski definition) is 4. The molecule has 0 atom stereocenters. The molecule has 2 aromatic heterocycles. The van der Waals surface area contributed by atoms with Crippen molar-refractivity contribution in [3.05, 3.63) is 66.6 Å². The number of rotatable bonds is 6. The molecule has 0 fully saturated rings. The van der Waals surface area contributed by atoms with Crippen LogP contribution < -0.4 is 10.1 Å². The molecule has 21 heavy (non-hydrogen) atoms. The van der Waals surface area contributed by atoms with Crippen LogP contribution in [0.2, 0.25) is 0 Å². The Hall–Kier alpha value is -2.46. The standard InChI is InChI=1S/C17H17N3O/c1-2-8-19-15(5-1)13-18-10-11-21-16-7-6-14-4-3-9-20-17(14)12-16/h1-9,12,18H,10-11,13H2. The van der Waals surface area contributed by atoms with Crippen molar-refractivity contribution in [1.29, 1.82) is 0 Å². The predicted octanol–water partition coefficient (Wildman–Crippen LogP) is 2.80. The van der Waals surface area contributed by atoms with E-state index in [1.54, 1.807) is 12.4 Å². The van der Waals surface area contributed by atoms with Crippen LogP contribution >= 0.6 is 0 Å². The molecule has 3 rings (SSSR count). The Kier molecular flexibility index (Phi) is 4.39. The average molecular weight is 279 g/mol. The van der Waals surface area contributed by atoms with E-state index in [1.165, 1.54) is 0 Å². The Balaban J connectivity index is 1.46. The lowest BCUT2D eigenvalue weighted by molar-refractivity contribution is 0.313. The van der Waals surface area contributed by atoms with E-state index in [4.69, 9.17) is 4.74 Å². The molecule has 0 amide bonds. The number of aromatic nitrogens is 2. The van der Waals surface area contributed by atoms with Crippen molar-refractivity contribution in [3.63, 3.8) is 0 Å². The first-order chi connectivity index (χ1) is 10.4. The maximum Gasteiger partial charge on any atom is 0.121 e. The van der Waals surface area contributed by atoms with Gasteiger partial charge in [0, 0.05) is 36.9 Å². The zero-order valence-corrected chi connectivity index (χ0v) is 11.7. The number of nitrogens with zero attached hydrogens (tertiary/aromatic N) is 2. The van der Waals surface area contributed by atoms with Gasteiger partial charge in [-0.15, -0.1) is 0 Å². The van der Waals surface area contributed by atoms with Crippen molar-refractivity contribution in [2.24, 2.45) is 0 Å². The summed E-state index contributed by atoms with van der Waals surface area (Å²) in [5, 5.41) is 4.43. The maximum absolute atomic E-state index is 5.73. The van der Waals surface area contributed by atoms with E-state index in [0.29, 0.717) is 6.61 Å². The second-order valence-electron chi connectivity index (χ2n) is 4.70. The van der Waals surface area contributed by atoms with Crippen molar-refractivity contribution in [2.75, 3.05) is 13.2 Å². The summed E-state index contributed by atoms with van der Waals surface area (Å²) in [6.07, 6.45) is 3.59. The van der Waals surface area contributed by atoms with E-state index in [9.17, 15) is 0 Å². The highest BCUT2D eigenvalue weighted by molar-refractivity contribution is 5.79. The van der Waals surface area contributed by atoms with Crippen LogP contribution in [-0.4, -0.2) is 23.1 Å². The van der Waals surface area contributed by atoms with Crippen LogP contribution in [0.3, 0.4) is 0 Å². The second-order valence-corrected chi connectivity index (χ2v) is 4.70. The van der Waals surface area contributed by atoms with Crippen LogP contribution in [0.4, 0.5) is 0 Å². The van der Waals surface area contributed by atoms with Gasteiger partial charge in [-0.3, -0.25) is 9.97 Å². The van der Waals surface area contributed by atoms with Gasteiger partial charge in [0.1, 0.15) is 12.4 Å². The molecule has 4 heteroatoms. The van der Waals surface area contributed by atoms with Gasteiger partial charge in [0.15, 0.2) is 0 Å². The summed E-state index contributed by atoms with van der Waals surface area (Å²) in [5.41, 5.74) is 1.99. The SMILES string of the molecule is c1ccc(CNCCOc2ccc3cccnc3c2)nc1. The summed E-state index contributed by atoms with van der Waals surface area (Å²) in [6, 6.07) is 15.9. The van der Waals surface area contributed by atoms with Crippen LogP contribution in [0, 0.1) is 0 Å². The number of pyridine rings is 2. The number of nitrogens with one attached hydrogen (secondary N) is 1. The molecular weight excluding hydrogens is 262 g/mol. The summed E-state index contributed by atoms with van der Waals surface area (Å²) in [6.45, 7) is 2.14. The normalized spacial score (nSPS) is 10.7. The first-order valence-corrected chi connectivity index (χ1v) is 7.00. The first-order valence-electron chi connectivity index (χ1n) is 7.00. The van der Waals surface area contributed by atoms with Crippen LogP contribution in [0.5, 0.6) is 5.75 Å². The van der Waals surface area contributed by atoms with Crippen molar-refractivity contribution in [1.82, 2.24) is 15.3 Å². The van der Waals surface area contributed by atoms with Gasteiger partial charge < -0.3 is 10.1 Å². The molecule has 1 N–H and O–H groups in total. The second kappa shape index (κ2) is 6.81. The van der Waals surface area contributed by atoms with Crippen LogP contribution in [-0.2, 0) is 6.54 Å². The monoisotopic (exact) mass is 279 g/mol. The Bertz CT molecular complexity index is 700. The largest absolute Gasteiger partial charge is 0.492 e. The Morgan fingerprint density at radius 3 is 2.81 bits per heavy atom. The summed E-state index contributed by atoms with van der Waals surface area (Å²) in [5.74, 6) is 0.848. The minimum atomic E-state index is 0.616. The van der Waals surface area contributed by atoms with Gasteiger partial charge in [-0.2, -0.15) is 0 Å². The minimum absolute atomic E-state index is 0.616. The van der Waals surface area contributed by atoms with E-state index in [-0.39, 0.29) is 0 Å². The van der Waals surface area contributed by atoms with E-state index >= 15 is 0 Å². The fourth-order valence-corrected chi connectivity index (χ4v) is 2.10. The van der Waals surface area contributed by atoms with Gasteiger partial charge in [-0.1, -0.05) is 12.1 Å². The molecule has 0 saturated carbocycles. The molecule has 2 heterocycles. The highest BCUT2D eigenvalue weighted by Crippen LogP contribution is 2.18. The van der Waals surface area contributed by atoms with Crippen molar-refractivity contribution >= 4 is 10.9 Å². The van der Waals surface area contributed by atoms with Gasteiger partial charge in [0.25, 0.3) is 0 Å². The third-order valence-electron chi connectivity index (χ3n) is 3.16. The van der Waals surface area contributed by atoms with Gasteiger partial charge in [0.2, 0.25) is 0 Å². The van der Waals surface area contributed by atoms with Crippen LogP contribution in [0.1, 0.15) is 5.69 Å². The quantitative estimate of drug-likeness (QED) is 0.705. The smallest absolute Gasteiger partial charge is 0.121 e. The molecule has 0 aliphatic heterocycles. The lowest BCUT2D eigenvalue weighted by Crippen LogP contribution is -2.21. The molecule has 4 nitrogen and oxygen atoms in total. The molecular formula is C17H17N3O. The van der Waals surface area contributed by atoms with Crippen molar-refractivity contribution in [2.45, 2.75) is 6.54 Å². The van der Waals surface area contributed by atoms with Crippen molar-refractivity contribution in [3.8, 4) is 5.75 Å². The number of benzene rings is 1. The molecule has 106 valence electrons. The van der Waals surface area contributed by atoms with E-state index < -0.39 is 0 Å². The van der Waals surface area contributed by atoms with Crippen LogP contribution in [0.15, 0.2) is 60.9 Å². The maximum atomic E-state index is 5.73. The highest BCUT2D eigenvalue weighted by Gasteiger charge is 1.98. The summed E-state index contributed by atoms with van der Waals surface area (Å²) >= 11 is 0. The van der Waals surface area contributed by atoms with Crippen LogP contribution in [0.25, 0.3) is 10.9 Å². The number of ether oxygens (including phenoxy) is 1. The third kappa shape index (κ3) is 3.77. The molecule has 0 unspecified atom stereocenters. The van der Waals surface area contributed by atoms with Crippen molar-refractivity contribution < 1.29 is 4.74 Å². The molecule has 0 aliphatic carbocycles. The summed E-state index contributed by atoms with van der Waals surface area (Å²) in [7, 11) is 0. The Morgan fingerprint density at radius 2 is 1.90 bits per heavy atom. The van der Waals surface area contributed by atoms with E-state index in [1.807, 2.05) is 48.5 Å². The van der Waals surface area contributed by atoms with E-state index in [2.05, 4.69) is 15.3 Å². The molecule has 0 bridgehead atoms. The summed E-state index contributed by atoms with van der Waals surface area (Å²) < 4.78 is 5.73. The topological polar surface area (TPSA) is 47.0 Å². The first kappa shape index (κ1) is 13.5. The van der Waals surface area contributed by atoms with Gasteiger partial charge in [-0.25, -0.2) is 0 Å². The molecule has 0 spiro atoms. The molecule has 0 saturated heterocycles. The molecule has 3 aromatic rings. The number of hydrogen-bond donors (Lipinski definition) is 1. The fraction of sp³-hybridized carbons (Fsp3) is 0.176. The Labute approximate surface area is 123 Å². The zero-order chi connectivity index (χ0) is 14.3. The highest BCUT2D eigenvalue weighted by atomic mass is 16.5. The molecule has 0 aliphatic rings. The van der Waals surface area contributed by atoms with Gasteiger partial charge in [-0.05, 0) is 30.3 Å². The third-order valence-corrected chi connectivity index (χ3v) is 3.16. The Morgan fingerprint density at radius 1 is 0.952 bits per heavy atom. The molecule has 0 radical (unpaired) electrons. The lowest BCUT2D eigenvalue weighted by atomic mass is 10.2. The zero-order valence-electron chi connectivity index (χ0n) is 11.7. The minimum Gasteiger partial charge on any atom is -0.492 e. The predicted molar refractivity (Wildman–Crippen MR) is 83.2 cm³/mol. The molecule has 1 aromatic carbocycles. The van der Waals surface area contributed by atoms with Gasteiger partial charge in [0.05, 0.1) is 11.2 Å². The van der Waals surface area contributed by atoms with E-state index in [0.717, 1.165) is 35.4 Å². The number of fused-ring (bicyclic) bond motifs is 1.